The molecule has 0 radical (unpaired) electrons. The molecule has 1 atom stereocenters. The topological polar surface area (TPSA) is 52.1 Å². The Labute approximate surface area is 162 Å². The van der Waals surface area contributed by atoms with E-state index in [9.17, 15) is 4.79 Å². The number of carbonyl (C=O) groups is 1. The first-order valence-electron chi connectivity index (χ1n) is 9.98. The van der Waals surface area contributed by atoms with Crippen LogP contribution >= 0.6 is 0 Å². The van der Waals surface area contributed by atoms with E-state index < -0.39 is 5.97 Å². The van der Waals surface area contributed by atoms with Gasteiger partial charge in [0.2, 0.25) is 0 Å². The fourth-order valence-corrected chi connectivity index (χ4v) is 2.96. The van der Waals surface area contributed by atoms with E-state index >= 15 is 0 Å². The van der Waals surface area contributed by atoms with E-state index in [4.69, 9.17) is 4.74 Å². The number of carbonyl (C=O) groups excluding carboxylic acids is 1. The summed E-state index contributed by atoms with van der Waals surface area (Å²) in [5.74, 6) is -0.258. The number of aryl methyl sites for hydroxylation is 1. The molecule has 0 bridgehead atoms. The highest BCUT2D eigenvalue weighted by Gasteiger charge is 2.08. The molecule has 0 fully saturated rings. The monoisotopic (exact) mass is 366 g/mol. The van der Waals surface area contributed by atoms with Gasteiger partial charge in [0, 0.05) is 24.4 Å². The molecule has 2 aromatic rings. The molecule has 0 N–H and O–H groups in total. The van der Waals surface area contributed by atoms with Gasteiger partial charge in [0.15, 0.2) is 0 Å². The van der Waals surface area contributed by atoms with Crippen LogP contribution in [0.3, 0.4) is 0 Å². The van der Waals surface area contributed by atoms with Gasteiger partial charge in [-0.05, 0) is 30.4 Å². The molecule has 0 aliphatic carbocycles. The third kappa shape index (κ3) is 7.73. The van der Waals surface area contributed by atoms with Gasteiger partial charge in [-0.1, -0.05) is 75.9 Å². The second-order valence-electron chi connectivity index (χ2n) is 6.74. The van der Waals surface area contributed by atoms with Gasteiger partial charge in [-0.15, -0.1) is 0 Å². The second kappa shape index (κ2) is 12.0. The Bertz CT molecular complexity index is 696. The van der Waals surface area contributed by atoms with E-state index in [2.05, 4.69) is 35.9 Å². The zero-order valence-electron chi connectivity index (χ0n) is 16.4. The van der Waals surface area contributed by atoms with Crippen molar-refractivity contribution in [2.24, 2.45) is 0 Å². The van der Waals surface area contributed by atoms with E-state index in [1.807, 2.05) is 24.3 Å². The largest absolute Gasteiger partial charge is 0.388 e. The molecule has 0 saturated heterocycles. The molecule has 0 saturated carbocycles. The molecule has 1 heterocycles. The number of nitrogens with zero attached hydrogens (tertiary/aromatic N) is 2. The summed E-state index contributed by atoms with van der Waals surface area (Å²) in [6.07, 6.45) is 14.9. The van der Waals surface area contributed by atoms with Gasteiger partial charge in [-0.2, -0.15) is 0 Å². The molecule has 0 spiro atoms. The lowest BCUT2D eigenvalue weighted by Crippen LogP contribution is -2.07. The molecule has 4 nitrogen and oxygen atoms in total. The number of hydrogen-bond acceptors (Lipinski definition) is 4. The number of ether oxygens (including phenoxy) is 1. The summed E-state index contributed by atoms with van der Waals surface area (Å²) in [6.45, 7) is 4.31. The Morgan fingerprint density at radius 1 is 1.04 bits per heavy atom. The van der Waals surface area contributed by atoms with Crippen LogP contribution in [0.1, 0.15) is 69.4 Å². The molecule has 1 aromatic heterocycles. The Hall–Kier alpha value is -2.49. The van der Waals surface area contributed by atoms with Crippen molar-refractivity contribution in [1.29, 1.82) is 0 Å². The number of allylic oxidation sites excluding steroid dienone is 1. The summed E-state index contributed by atoms with van der Waals surface area (Å²) in [6, 6.07) is 10.2. The summed E-state index contributed by atoms with van der Waals surface area (Å²) in [5, 5.41) is 0. The lowest BCUT2D eigenvalue weighted by atomic mass is 9.96. The average molecular weight is 367 g/mol. The third-order valence-corrected chi connectivity index (χ3v) is 4.57. The van der Waals surface area contributed by atoms with E-state index in [0.29, 0.717) is 0 Å². The number of unbranched alkanes of at least 4 members (excludes halogenated alkanes) is 4. The maximum absolute atomic E-state index is 12.0. The molecule has 4 heteroatoms. The highest BCUT2D eigenvalue weighted by molar-refractivity contribution is 5.83. The predicted molar refractivity (Wildman–Crippen MR) is 109 cm³/mol. The van der Waals surface area contributed by atoms with Crippen LogP contribution in [0.15, 0.2) is 54.9 Å². The van der Waals surface area contributed by atoms with E-state index in [-0.39, 0.29) is 11.9 Å². The maximum Gasteiger partial charge on any atom is 0.338 e. The molecular formula is C23H30N2O2. The standard InChI is InChI=1S/C23H30N2O2/c1-3-5-6-7-9-12-19-17-24-23(25-18-19)27-22(26)16-15-20(4-2)21-13-10-8-11-14-21/h8,10-11,13-18,20H,3-7,9,12H2,1-2H3/b16-15+. The van der Waals surface area contributed by atoms with Crippen molar-refractivity contribution in [3.05, 3.63) is 66.0 Å². The lowest BCUT2D eigenvalue weighted by Gasteiger charge is -2.09. The molecule has 144 valence electrons. The van der Waals surface area contributed by atoms with Crippen LogP contribution in [-0.4, -0.2) is 15.9 Å². The quantitative estimate of drug-likeness (QED) is 0.293. The molecule has 1 unspecified atom stereocenters. The van der Waals surface area contributed by atoms with E-state index in [1.54, 1.807) is 12.4 Å². The van der Waals surface area contributed by atoms with Crippen LogP contribution in [-0.2, 0) is 11.2 Å². The fraction of sp³-hybridized carbons (Fsp3) is 0.435. The lowest BCUT2D eigenvalue weighted by molar-refractivity contribution is -0.129. The van der Waals surface area contributed by atoms with Crippen LogP contribution in [0.4, 0.5) is 0 Å². The van der Waals surface area contributed by atoms with E-state index in [1.165, 1.54) is 37.3 Å². The summed E-state index contributed by atoms with van der Waals surface area (Å²) < 4.78 is 5.21. The molecule has 27 heavy (non-hydrogen) atoms. The van der Waals surface area contributed by atoms with Crippen LogP contribution in [0.25, 0.3) is 0 Å². The van der Waals surface area contributed by atoms with Gasteiger partial charge in [0.1, 0.15) is 0 Å². The Morgan fingerprint density at radius 3 is 2.41 bits per heavy atom. The van der Waals surface area contributed by atoms with Crippen molar-refractivity contribution < 1.29 is 9.53 Å². The minimum absolute atomic E-state index is 0.104. The van der Waals surface area contributed by atoms with Gasteiger partial charge < -0.3 is 4.74 Å². The van der Waals surface area contributed by atoms with Crippen molar-refractivity contribution >= 4 is 5.97 Å². The van der Waals surface area contributed by atoms with Crippen LogP contribution in [0.2, 0.25) is 0 Å². The van der Waals surface area contributed by atoms with Crippen LogP contribution in [0.5, 0.6) is 6.01 Å². The normalized spacial score (nSPS) is 12.2. The Kier molecular flexibility index (Phi) is 9.25. The predicted octanol–water partition coefficient (Wildman–Crippen LogP) is 5.64. The smallest absolute Gasteiger partial charge is 0.338 e. The zero-order chi connectivity index (χ0) is 19.3. The molecular weight excluding hydrogens is 336 g/mol. The van der Waals surface area contributed by atoms with Gasteiger partial charge in [0.25, 0.3) is 0 Å². The van der Waals surface area contributed by atoms with Crippen molar-refractivity contribution in [2.75, 3.05) is 0 Å². The first-order valence-corrected chi connectivity index (χ1v) is 9.98. The maximum atomic E-state index is 12.0. The first-order chi connectivity index (χ1) is 13.2. The number of hydrogen-bond donors (Lipinski definition) is 0. The highest BCUT2D eigenvalue weighted by Crippen LogP contribution is 2.20. The van der Waals surface area contributed by atoms with Crippen molar-refractivity contribution in [3.63, 3.8) is 0 Å². The Morgan fingerprint density at radius 2 is 1.74 bits per heavy atom. The summed E-state index contributed by atoms with van der Waals surface area (Å²) in [7, 11) is 0. The van der Waals surface area contributed by atoms with Gasteiger partial charge in [-0.25, -0.2) is 14.8 Å². The van der Waals surface area contributed by atoms with Crippen molar-refractivity contribution in [3.8, 4) is 6.01 Å². The molecule has 0 amide bonds. The average Bonchev–Trinajstić information content (AvgIpc) is 2.70. The van der Waals surface area contributed by atoms with E-state index in [0.717, 1.165) is 24.8 Å². The SMILES string of the molecule is CCCCCCCc1cnc(OC(=O)/C=C/C(CC)c2ccccc2)nc1. The third-order valence-electron chi connectivity index (χ3n) is 4.57. The van der Waals surface area contributed by atoms with Gasteiger partial charge >= 0.3 is 12.0 Å². The fourth-order valence-electron chi connectivity index (χ4n) is 2.96. The van der Waals surface area contributed by atoms with Crippen LogP contribution < -0.4 is 4.74 Å². The van der Waals surface area contributed by atoms with Crippen molar-refractivity contribution in [1.82, 2.24) is 9.97 Å². The highest BCUT2D eigenvalue weighted by atomic mass is 16.5. The van der Waals surface area contributed by atoms with Gasteiger partial charge in [0.05, 0.1) is 0 Å². The summed E-state index contributed by atoms with van der Waals surface area (Å²) in [4.78, 5) is 20.3. The second-order valence-corrected chi connectivity index (χ2v) is 6.74. The number of rotatable bonds is 11. The van der Waals surface area contributed by atoms with Gasteiger partial charge in [-0.3, -0.25) is 0 Å². The molecule has 0 aliphatic heterocycles. The first kappa shape index (κ1) is 20.8. The zero-order valence-corrected chi connectivity index (χ0v) is 16.4. The number of aromatic nitrogens is 2. The molecule has 1 aromatic carbocycles. The summed E-state index contributed by atoms with van der Waals surface area (Å²) >= 11 is 0. The number of benzene rings is 1. The number of esters is 1. The molecule has 2 rings (SSSR count). The van der Waals surface area contributed by atoms with Crippen LogP contribution in [0, 0.1) is 0 Å². The summed E-state index contributed by atoms with van der Waals surface area (Å²) in [5.41, 5.74) is 2.26. The van der Waals surface area contributed by atoms with Crippen molar-refractivity contribution in [2.45, 2.75) is 64.7 Å². The minimum Gasteiger partial charge on any atom is -0.388 e. The molecule has 0 aliphatic rings. The minimum atomic E-state index is -0.448. The Balaban J connectivity index is 1.81.